The molecule has 56 heavy (non-hydrogen) atoms. The minimum atomic E-state index is -0.539. The third-order valence-corrected chi connectivity index (χ3v) is 12.2. The van der Waals surface area contributed by atoms with E-state index in [1.54, 1.807) is 0 Å². The normalized spacial score (nSPS) is 13.5. The Morgan fingerprint density at radius 2 is 1.32 bits per heavy atom. The highest BCUT2D eigenvalue weighted by atomic mass is 16.3. The van der Waals surface area contributed by atoms with Crippen LogP contribution in [0.15, 0.2) is 180 Å². The van der Waals surface area contributed by atoms with Crippen molar-refractivity contribution in [2.24, 2.45) is 0 Å². The Balaban J connectivity index is 1.15. The molecule has 0 saturated heterocycles. The molecule has 0 bridgehead atoms. The molecule has 262 valence electrons. The van der Waals surface area contributed by atoms with Crippen LogP contribution >= 0.6 is 0 Å². The predicted molar refractivity (Wildman–Crippen MR) is 232 cm³/mol. The molecule has 0 radical (unpaired) electrons. The Morgan fingerprint density at radius 3 is 2.11 bits per heavy atom. The molecule has 0 unspecified atom stereocenters. The number of hydrogen-bond acceptors (Lipinski definition) is 3. The van der Waals surface area contributed by atoms with Crippen LogP contribution in [0.4, 0.5) is 11.4 Å². The molecule has 10 aromatic rings. The van der Waals surface area contributed by atoms with Crippen LogP contribution in [-0.4, -0.2) is 16.8 Å². The summed E-state index contributed by atoms with van der Waals surface area (Å²) in [5, 5.41) is 6.58. The summed E-state index contributed by atoms with van der Waals surface area (Å²) in [5.74, 6) is 0.641. The van der Waals surface area contributed by atoms with Gasteiger partial charge < -0.3 is 14.3 Å². The van der Waals surface area contributed by atoms with E-state index < -0.39 is 5.41 Å². The number of nitrogens with zero attached hydrogens (tertiary/aromatic N) is 2. The van der Waals surface area contributed by atoms with Gasteiger partial charge in [-0.05, 0) is 76.1 Å². The van der Waals surface area contributed by atoms with Crippen LogP contribution in [0.25, 0.3) is 61.2 Å². The number of oxazole rings is 1. The maximum atomic E-state index is 6.46. The highest BCUT2D eigenvalue weighted by Gasteiger charge is 2.45. The van der Waals surface area contributed by atoms with Gasteiger partial charge in [0, 0.05) is 44.9 Å². The molecule has 0 aliphatic carbocycles. The van der Waals surface area contributed by atoms with Gasteiger partial charge in [-0.1, -0.05) is 145 Å². The maximum absolute atomic E-state index is 6.46. The van der Waals surface area contributed by atoms with Gasteiger partial charge in [-0.2, -0.15) is 0 Å². The van der Waals surface area contributed by atoms with Crippen molar-refractivity contribution in [3.8, 4) is 28.3 Å². The van der Waals surface area contributed by atoms with Gasteiger partial charge in [-0.25, -0.2) is 4.98 Å². The van der Waals surface area contributed by atoms with Crippen molar-refractivity contribution in [2.45, 2.75) is 12.3 Å². The molecule has 12 rings (SSSR count). The van der Waals surface area contributed by atoms with E-state index >= 15 is 0 Å². The molecular weight excluding hydrogens is 681 g/mol. The van der Waals surface area contributed by atoms with Crippen molar-refractivity contribution in [1.82, 2.24) is 9.55 Å². The molecule has 2 aliphatic rings. The van der Waals surface area contributed by atoms with E-state index in [0.717, 1.165) is 41.0 Å². The Bertz CT molecular complexity index is 3160. The van der Waals surface area contributed by atoms with Gasteiger partial charge in [-0.3, -0.25) is 0 Å². The lowest BCUT2D eigenvalue weighted by Gasteiger charge is -2.43. The van der Waals surface area contributed by atoms with Crippen molar-refractivity contribution in [1.29, 1.82) is 0 Å². The first-order chi connectivity index (χ1) is 27.7. The number of nitrogens with one attached hydrogen (secondary N) is 1. The van der Waals surface area contributed by atoms with Crippen LogP contribution in [0.2, 0.25) is 0 Å². The molecule has 0 fully saturated rings. The summed E-state index contributed by atoms with van der Waals surface area (Å²) in [7, 11) is 0.768. The summed E-state index contributed by atoms with van der Waals surface area (Å²) in [5.41, 5.74) is 19.2. The molecule has 2 aromatic heterocycles. The van der Waals surface area contributed by atoms with E-state index in [0.29, 0.717) is 5.89 Å². The largest absolute Gasteiger partial charge is 0.436 e. The van der Waals surface area contributed by atoms with E-state index in [-0.39, 0.29) is 0 Å². The number of anilines is 2. The first kappa shape index (κ1) is 31.3. The molecule has 2 aliphatic heterocycles. The van der Waals surface area contributed by atoms with Crippen LogP contribution in [-0.2, 0) is 5.41 Å². The molecule has 8 aromatic carbocycles. The topological polar surface area (TPSA) is 43.0 Å². The standard InChI is InChI=1S/C51H34BN3O/c1-31-28-37(35-23-15-25-39-48(35)53-41-26-13-12-24-38(41)51(39,33-18-7-3-8-19-33)34-20-9-4-10-21-34)47-49-46(31)36-22-11-14-27-43(36)55(49)44-30-45-42(29-40(44)52-47)54-50(56-45)32-16-5-2-6-17-32/h2-30,52-53H,1H3. The van der Waals surface area contributed by atoms with Gasteiger partial charge in [0.2, 0.25) is 5.89 Å². The van der Waals surface area contributed by atoms with Crippen LogP contribution in [0.1, 0.15) is 27.8 Å². The van der Waals surface area contributed by atoms with E-state index in [9.17, 15) is 0 Å². The fourth-order valence-electron chi connectivity index (χ4n) is 9.94. The number of rotatable bonds is 4. The van der Waals surface area contributed by atoms with Gasteiger partial charge >= 0.3 is 0 Å². The minimum Gasteiger partial charge on any atom is -0.436 e. The van der Waals surface area contributed by atoms with Gasteiger partial charge in [-0.15, -0.1) is 0 Å². The molecule has 0 atom stereocenters. The second kappa shape index (κ2) is 11.7. The fraction of sp³-hybridized carbons (Fsp3) is 0.0392. The molecule has 1 N–H and O–H groups in total. The first-order valence-corrected chi connectivity index (χ1v) is 19.3. The Hall–Kier alpha value is -7.11. The average molecular weight is 716 g/mol. The summed E-state index contributed by atoms with van der Waals surface area (Å²) < 4.78 is 8.94. The zero-order chi connectivity index (χ0) is 37.0. The van der Waals surface area contributed by atoms with E-state index in [2.05, 4.69) is 175 Å². The molecule has 4 nitrogen and oxygen atoms in total. The van der Waals surface area contributed by atoms with E-state index in [1.807, 2.05) is 18.2 Å². The zero-order valence-corrected chi connectivity index (χ0v) is 30.8. The molecule has 5 heteroatoms. The second-order valence-corrected chi connectivity index (χ2v) is 15.2. The maximum Gasteiger partial charge on any atom is 0.227 e. The fourth-order valence-corrected chi connectivity index (χ4v) is 9.94. The van der Waals surface area contributed by atoms with Crippen LogP contribution in [0, 0.1) is 6.92 Å². The zero-order valence-electron chi connectivity index (χ0n) is 30.8. The molecule has 4 heterocycles. The lowest BCUT2D eigenvalue weighted by Crippen LogP contribution is -2.38. The summed E-state index contributed by atoms with van der Waals surface area (Å²) >= 11 is 0. The number of aryl methyl sites for hydroxylation is 1. The number of fused-ring (bicyclic) bond motifs is 8. The number of hydrogen-bond donors (Lipinski definition) is 1. The smallest absolute Gasteiger partial charge is 0.227 e. The van der Waals surface area contributed by atoms with Gasteiger partial charge in [0.15, 0.2) is 12.9 Å². The summed E-state index contributed by atoms with van der Waals surface area (Å²) in [6.07, 6.45) is 0. The lowest BCUT2D eigenvalue weighted by atomic mass is 9.58. The SMILES string of the molecule is Cc1cc(-c2cccc3c2Nc2ccccc2C3(c2ccccc2)c2ccccc2)c2c3c1c1ccccc1n3-c1cc3oc(-c4ccccc4)nc3cc1B2. The van der Waals surface area contributed by atoms with Gasteiger partial charge in [0.25, 0.3) is 0 Å². The first-order valence-electron chi connectivity index (χ1n) is 19.3. The number of aromatic nitrogens is 2. The monoisotopic (exact) mass is 715 g/mol. The van der Waals surface area contributed by atoms with Gasteiger partial charge in [0.05, 0.1) is 16.6 Å². The quantitative estimate of drug-likeness (QED) is 0.185. The van der Waals surface area contributed by atoms with E-state index in [4.69, 9.17) is 9.40 Å². The van der Waals surface area contributed by atoms with Crippen molar-refractivity contribution < 1.29 is 4.42 Å². The Kier molecular flexibility index (Phi) is 6.53. The third kappa shape index (κ3) is 4.23. The highest BCUT2D eigenvalue weighted by molar-refractivity contribution is 6.73. The van der Waals surface area contributed by atoms with Gasteiger partial charge in [0.1, 0.15) is 5.52 Å². The van der Waals surface area contributed by atoms with Crippen LogP contribution < -0.4 is 16.2 Å². The van der Waals surface area contributed by atoms with Crippen molar-refractivity contribution >= 4 is 62.5 Å². The summed E-state index contributed by atoms with van der Waals surface area (Å²) in [6.45, 7) is 2.27. The van der Waals surface area contributed by atoms with Crippen molar-refractivity contribution in [3.05, 3.63) is 204 Å². The molecular formula is C51H34BN3O. The van der Waals surface area contributed by atoms with Crippen molar-refractivity contribution in [3.63, 3.8) is 0 Å². The summed E-state index contributed by atoms with van der Waals surface area (Å²) in [4.78, 5) is 5.01. The Labute approximate surface area is 325 Å². The second-order valence-electron chi connectivity index (χ2n) is 15.2. The summed E-state index contributed by atoms with van der Waals surface area (Å²) in [6, 6.07) is 63.7. The number of benzene rings is 8. The number of para-hydroxylation sites is 3. The van der Waals surface area contributed by atoms with Crippen molar-refractivity contribution in [2.75, 3.05) is 5.32 Å². The highest BCUT2D eigenvalue weighted by Crippen LogP contribution is 2.55. The minimum absolute atomic E-state index is 0.539. The predicted octanol–water partition coefficient (Wildman–Crippen LogP) is 10.7. The van der Waals surface area contributed by atoms with Crippen LogP contribution in [0.5, 0.6) is 0 Å². The molecule has 0 amide bonds. The van der Waals surface area contributed by atoms with E-state index in [1.165, 1.54) is 71.7 Å². The lowest BCUT2D eigenvalue weighted by molar-refractivity contribution is 0.619. The Morgan fingerprint density at radius 1 is 0.643 bits per heavy atom. The third-order valence-electron chi connectivity index (χ3n) is 12.2. The van der Waals surface area contributed by atoms with Crippen LogP contribution in [0.3, 0.4) is 0 Å². The molecule has 0 spiro atoms. The average Bonchev–Trinajstić information content (AvgIpc) is 3.84. The molecule has 0 saturated carbocycles.